The van der Waals surface area contributed by atoms with Crippen molar-refractivity contribution in [2.24, 2.45) is 0 Å². The highest BCUT2D eigenvalue weighted by Crippen LogP contribution is 2.36. The predicted molar refractivity (Wildman–Crippen MR) is 105 cm³/mol. The van der Waals surface area contributed by atoms with Crippen LogP contribution in [0.2, 0.25) is 0 Å². The fraction of sp³-hybridized carbons (Fsp3) is 0.600. The zero-order valence-corrected chi connectivity index (χ0v) is 17.6. The average molecular weight is 490 g/mol. The maximum atomic E-state index is 12.6. The van der Waals surface area contributed by atoms with Crippen LogP contribution in [0.5, 0.6) is 0 Å². The molecular weight excluding hydrogens is 464 g/mol. The van der Waals surface area contributed by atoms with Crippen LogP contribution in [0.15, 0.2) is 24.3 Å². The van der Waals surface area contributed by atoms with Crippen LogP contribution in [0.1, 0.15) is 20.7 Å². The van der Waals surface area contributed by atoms with Crippen molar-refractivity contribution in [2.45, 2.75) is 54.8 Å². The molecule has 8 N–H and O–H groups in total. The Balaban J connectivity index is 1.86. The van der Waals surface area contributed by atoms with Crippen LogP contribution in [0.4, 0.5) is 0 Å². The van der Waals surface area contributed by atoms with Gasteiger partial charge in [0.1, 0.15) is 49.3 Å². The van der Waals surface area contributed by atoms with Crippen molar-refractivity contribution in [3.63, 3.8) is 0 Å². The molecule has 0 saturated carbocycles. The Bertz CT molecular complexity index is 877. The number of esters is 1. The first-order valence-corrected chi connectivity index (χ1v) is 10.2. The topological polar surface area (TPSA) is 233 Å². The van der Waals surface area contributed by atoms with Gasteiger partial charge in [-0.25, -0.2) is 9.59 Å². The number of hydrogen-bond acceptors (Lipinski definition) is 13. The van der Waals surface area contributed by atoms with E-state index < -0.39 is 86.6 Å². The van der Waals surface area contributed by atoms with E-state index in [1.165, 1.54) is 18.2 Å². The van der Waals surface area contributed by atoms with Crippen LogP contribution in [0.3, 0.4) is 0 Å². The highest BCUT2D eigenvalue weighted by molar-refractivity contribution is 6.02. The van der Waals surface area contributed by atoms with Crippen molar-refractivity contribution in [2.75, 3.05) is 19.8 Å². The second kappa shape index (κ2) is 10.6. The number of aliphatic hydroxyl groups is 7. The molecule has 2 saturated heterocycles. The van der Waals surface area contributed by atoms with Crippen LogP contribution in [0.25, 0.3) is 0 Å². The molecule has 1 aromatic rings. The van der Waals surface area contributed by atoms with Gasteiger partial charge in [0, 0.05) is 0 Å². The molecule has 3 rings (SSSR count). The number of carboxylic acids is 1. The molecule has 14 heteroatoms. The summed E-state index contributed by atoms with van der Waals surface area (Å²) >= 11 is 0. The Morgan fingerprint density at radius 1 is 0.882 bits per heavy atom. The number of carbonyl (C=O) groups is 2. The van der Waals surface area contributed by atoms with Gasteiger partial charge in [0.05, 0.1) is 24.3 Å². The van der Waals surface area contributed by atoms with Gasteiger partial charge in [-0.3, -0.25) is 0 Å². The van der Waals surface area contributed by atoms with E-state index in [0.29, 0.717) is 0 Å². The summed E-state index contributed by atoms with van der Waals surface area (Å²) in [5, 5.41) is 79.0. The molecule has 0 amide bonds. The lowest BCUT2D eigenvalue weighted by molar-refractivity contribution is -0.383. The number of aromatic carboxylic acids is 1. The summed E-state index contributed by atoms with van der Waals surface area (Å²) in [7, 11) is 0. The number of rotatable bonds is 8. The Morgan fingerprint density at radius 2 is 1.50 bits per heavy atom. The van der Waals surface area contributed by atoms with Gasteiger partial charge in [0.25, 0.3) is 0 Å². The van der Waals surface area contributed by atoms with Crippen molar-refractivity contribution in [3.8, 4) is 0 Å². The Hall–Kier alpha value is -2.24. The molecule has 14 nitrogen and oxygen atoms in total. The standard InChI is InChI=1S/C20H26O14/c21-5-10-12(23)14(25)15(26)19(32-10)34-20(16(27)13(24)11(6-22)33-20)7-31-18(30)9-4-2-1-3-8(9)17(28)29/h1-4,10-16,19,21-27H,5-7H2,(H,28,29)/t10-,11-,12-,13-,14+,15-,16+,19-,20+/m1/s1. The lowest BCUT2D eigenvalue weighted by Crippen LogP contribution is -2.62. The molecule has 0 bridgehead atoms. The smallest absolute Gasteiger partial charge is 0.339 e. The number of aliphatic hydroxyl groups excluding tert-OH is 7. The minimum absolute atomic E-state index is 0.343. The summed E-state index contributed by atoms with van der Waals surface area (Å²) in [5.41, 5.74) is -0.720. The van der Waals surface area contributed by atoms with Gasteiger partial charge in [-0.2, -0.15) is 0 Å². The summed E-state index contributed by atoms with van der Waals surface area (Å²) in [5.74, 6) is -5.03. The van der Waals surface area contributed by atoms with Crippen LogP contribution in [0, 0.1) is 0 Å². The van der Waals surface area contributed by atoms with Gasteiger partial charge >= 0.3 is 11.9 Å². The van der Waals surface area contributed by atoms with Crippen LogP contribution in [-0.2, 0) is 18.9 Å². The summed E-state index contributed by atoms with van der Waals surface area (Å²) in [6.45, 7) is -2.57. The molecule has 0 spiro atoms. The normalized spacial score (nSPS) is 38.0. The van der Waals surface area contributed by atoms with Crippen molar-refractivity contribution >= 4 is 11.9 Å². The van der Waals surface area contributed by atoms with Crippen molar-refractivity contribution in [1.29, 1.82) is 0 Å². The van der Waals surface area contributed by atoms with Crippen molar-refractivity contribution in [1.82, 2.24) is 0 Å². The molecule has 2 heterocycles. The van der Waals surface area contributed by atoms with Gasteiger partial charge in [-0.1, -0.05) is 12.1 Å². The first-order valence-electron chi connectivity index (χ1n) is 10.2. The van der Waals surface area contributed by atoms with Crippen LogP contribution in [-0.4, -0.2) is 127 Å². The van der Waals surface area contributed by atoms with Gasteiger partial charge < -0.3 is 59.8 Å². The van der Waals surface area contributed by atoms with E-state index in [1.54, 1.807) is 0 Å². The molecule has 0 aromatic heterocycles. The quantitative estimate of drug-likeness (QED) is 0.163. The summed E-state index contributed by atoms with van der Waals surface area (Å²) < 4.78 is 21.2. The zero-order valence-electron chi connectivity index (χ0n) is 17.6. The second-order valence-corrected chi connectivity index (χ2v) is 7.83. The molecule has 34 heavy (non-hydrogen) atoms. The van der Waals surface area contributed by atoms with Crippen molar-refractivity contribution < 1.29 is 69.4 Å². The highest BCUT2D eigenvalue weighted by atomic mass is 16.8. The third-order valence-electron chi connectivity index (χ3n) is 5.63. The number of hydrogen-bond donors (Lipinski definition) is 8. The Morgan fingerprint density at radius 3 is 2.06 bits per heavy atom. The fourth-order valence-electron chi connectivity index (χ4n) is 3.71. The third kappa shape index (κ3) is 4.92. The molecule has 9 atom stereocenters. The van der Waals surface area contributed by atoms with Gasteiger partial charge in [0.15, 0.2) is 6.29 Å². The first-order chi connectivity index (χ1) is 16.1. The van der Waals surface area contributed by atoms with E-state index in [0.717, 1.165) is 6.07 Å². The molecular formula is C20H26O14. The number of ether oxygens (including phenoxy) is 4. The number of carbonyl (C=O) groups excluding carboxylic acids is 1. The van der Waals surface area contributed by atoms with Gasteiger partial charge in [-0.15, -0.1) is 0 Å². The second-order valence-electron chi connectivity index (χ2n) is 7.83. The lowest BCUT2D eigenvalue weighted by atomic mass is 9.99. The van der Waals surface area contributed by atoms with Gasteiger partial charge in [0.2, 0.25) is 5.79 Å². The number of carboxylic acid groups (broad SMARTS) is 1. The molecule has 0 unspecified atom stereocenters. The van der Waals surface area contributed by atoms with E-state index in [9.17, 15) is 50.4 Å². The molecule has 1 aromatic carbocycles. The molecule has 2 aliphatic rings. The lowest BCUT2D eigenvalue weighted by Gasteiger charge is -2.43. The predicted octanol–water partition coefficient (Wildman–Crippen LogP) is -3.83. The van der Waals surface area contributed by atoms with E-state index in [2.05, 4.69) is 0 Å². The number of benzene rings is 1. The van der Waals surface area contributed by atoms with Crippen LogP contribution >= 0.6 is 0 Å². The largest absolute Gasteiger partial charge is 0.478 e. The minimum atomic E-state index is -2.46. The molecule has 0 radical (unpaired) electrons. The van der Waals surface area contributed by atoms with Crippen molar-refractivity contribution in [3.05, 3.63) is 35.4 Å². The summed E-state index contributed by atoms with van der Waals surface area (Å²) in [6, 6.07) is 5.10. The van der Waals surface area contributed by atoms with E-state index >= 15 is 0 Å². The molecule has 0 aliphatic carbocycles. The maximum Gasteiger partial charge on any atom is 0.339 e. The van der Waals surface area contributed by atoms with Crippen LogP contribution < -0.4 is 0 Å². The van der Waals surface area contributed by atoms with E-state index in [4.69, 9.17) is 18.9 Å². The average Bonchev–Trinajstić information content (AvgIpc) is 3.07. The van der Waals surface area contributed by atoms with Gasteiger partial charge in [-0.05, 0) is 12.1 Å². The molecule has 2 aliphatic heterocycles. The van der Waals surface area contributed by atoms with E-state index in [-0.39, 0.29) is 11.1 Å². The SMILES string of the molecule is O=C(O)c1ccccc1C(=O)OC[C@@]1(O[C@H]2O[C@H](CO)[C@@H](O)[C@H](O)[C@H]2O)O[C@H](CO)[C@@H](O)[C@@H]1O. The molecule has 190 valence electrons. The first kappa shape index (κ1) is 26.4. The Kier molecular flexibility index (Phi) is 8.20. The third-order valence-corrected chi connectivity index (χ3v) is 5.63. The zero-order chi connectivity index (χ0) is 25.2. The minimum Gasteiger partial charge on any atom is -0.478 e. The maximum absolute atomic E-state index is 12.6. The molecule has 2 fully saturated rings. The van der Waals surface area contributed by atoms with E-state index in [1.807, 2.05) is 0 Å². The fourth-order valence-corrected chi connectivity index (χ4v) is 3.71. The summed E-state index contributed by atoms with van der Waals surface area (Å²) in [4.78, 5) is 24.0. The highest BCUT2D eigenvalue weighted by Gasteiger charge is 2.59. The monoisotopic (exact) mass is 490 g/mol. The summed E-state index contributed by atoms with van der Waals surface area (Å²) in [6.07, 6.45) is -13.9. The Labute approximate surface area is 192 Å².